The van der Waals surface area contributed by atoms with Gasteiger partial charge in [-0.3, -0.25) is 4.79 Å². The molecule has 1 aliphatic rings. The number of nitrogens with zero attached hydrogens (tertiary/aromatic N) is 1. The fourth-order valence-corrected chi connectivity index (χ4v) is 2.88. The van der Waals surface area contributed by atoms with Gasteiger partial charge in [0, 0.05) is 11.6 Å². The van der Waals surface area contributed by atoms with Crippen LogP contribution in [0.1, 0.15) is 5.76 Å². The number of carbonyl (C=O) groups is 1. The Bertz CT molecular complexity index is 811. The molecule has 1 aliphatic heterocycles. The molecule has 5 nitrogen and oxygen atoms in total. The number of benzene rings is 1. The lowest BCUT2D eigenvalue weighted by Crippen LogP contribution is -2.01. The van der Waals surface area contributed by atoms with Gasteiger partial charge >= 0.3 is 0 Å². The van der Waals surface area contributed by atoms with Gasteiger partial charge in [0.15, 0.2) is 5.17 Å². The summed E-state index contributed by atoms with van der Waals surface area (Å²) in [4.78, 5) is 15.6. The number of thioether (sulfide) groups is 1. The average Bonchev–Trinajstić information content (AvgIpc) is 3.06. The van der Waals surface area contributed by atoms with E-state index in [1.807, 2.05) is 6.07 Å². The molecule has 22 heavy (non-hydrogen) atoms. The number of hydrogen-bond acceptors (Lipinski definition) is 5. The minimum absolute atomic E-state index is 0.241. The Hall–Kier alpha value is -2.18. The fourth-order valence-electron chi connectivity index (χ4n) is 1.96. The summed E-state index contributed by atoms with van der Waals surface area (Å²) in [5.74, 6) is 1.43. The Balaban J connectivity index is 1.87. The largest absolute Gasteiger partial charge is 0.495 e. The van der Waals surface area contributed by atoms with Gasteiger partial charge in [0.25, 0.3) is 5.91 Å². The molecule has 2 heterocycles. The first-order chi connectivity index (χ1) is 10.6. The van der Waals surface area contributed by atoms with Crippen molar-refractivity contribution in [3.8, 4) is 17.1 Å². The summed E-state index contributed by atoms with van der Waals surface area (Å²) in [6, 6.07) is 8.94. The summed E-state index contributed by atoms with van der Waals surface area (Å²) in [6.45, 7) is 0. The molecule has 0 atom stereocenters. The molecule has 0 bridgehead atoms. The topological polar surface area (TPSA) is 77.8 Å². The highest BCUT2D eigenvalue weighted by atomic mass is 35.5. The van der Waals surface area contributed by atoms with Crippen LogP contribution in [0.4, 0.5) is 0 Å². The van der Waals surface area contributed by atoms with Crippen LogP contribution in [-0.4, -0.2) is 18.2 Å². The zero-order valence-corrected chi connectivity index (χ0v) is 13.1. The van der Waals surface area contributed by atoms with Gasteiger partial charge < -0.3 is 14.9 Å². The molecule has 0 saturated heterocycles. The molecule has 1 aromatic carbocycles. The molecular formula is C15H11ClN2O3S. The van der Waals surface area contributed by atoms with Crippen molar-refractivity contribution in [2.45, 2.75) is 0 Å². The number of amides is 1. The van der Waals surface area contributed by atoms with Crippen LogP contribution in [-0.2, 0) is 4.79 Å². The van der Waals surface area contributed by atoms with E-state index in [0.717, 1.165) is 17.3 Å². The number of methoxy groups -OCH3 is 1. The van der Waals surface area contributed by atoms with Crippen LogP contribution in [0, 0.1) is 0 Å². The first-order valence-corrected chi connectivity index (χ1v) is 7.48. The molecule has 0 unspecified atom stereocenters. The third kappa shape index (κ3) is 2.88. The predicted molar refractivity (Wildman–Crippen MR) is 87.9 cm³/mol. The minimum atomic E-state index is -0.354. The number of amidine groups is 1. The lowest BCUT2D eigenvalue weighted by atomic mass is 10.2. The van der Waals surface area contributed by atoms with Crippen molar-refractivity contribution in [1.82, 2.24) is 0 Å². The third-order valence-corrected chi connectivity index (χ3v) is 4.08. The molecule has 3 rings (SSSR count). The molecule has 0 spiro atoms. The number of nitrogens with two attached hydrogens (primary N) is 1. The monoisotopic (exact) mass is 334 g/mol. The lowest BCUT2D eigenvalue weighted by Gasteiger charge is -2.04. The van der Waals surface area contributed by atoms with E-state index in [1.54, 1.807) is 37.5 Å². The lowest BCUT2D eigenvalue weighted by molar-refractivity contribution is -0.113. The van der Waals surface area contributed by atoms with Gasteiger partial charge in [0.2, 0.25) is 0 Å². The van der Waals surface area contributed by atoms with Gasteiger partial charge in [-0.25, -0.2) is 0 Å². The summed E-state index contributed by atoms with van der Waals surface area (Å²) in [6.07, 6.45) is 1.62. The molecule has 0 saturated carbocycles. The number of carbonyl (C=O) groups excluding carboxylic acids is 1. The molecule has 2 aromatic rings. The maximum absolute atomic E-state index is 11.6. The SMILES string of the molecule is COc1ccc(-c2ccc(C=C3SC(N)=NC3=O)o2)cc1Cl. The Kier molecular flexibility index (Phi) is 3.96. The van der Waals surface area contributed by atoms with Crippen molar-refractivity contribution in [3.05, 3.63) is 46.0 Å². The van der Waals surface area contributed by atoms with Gasteiger partial charge in [-0.15, -0.1) is 0 Å². The van der Waals surface area contributed by atoms with Crippen molar-refractivity contribution in [2.24, 2.45) is 10.7 Å². The van der Waals surface area contributed by atoms with Crippen molar-refractivity contribution < 1.29 is 13.9 Å². The van der Waals surface area contributed by atoms with E-state index in [9.17, 15) is 4.79 Å². The number of furan rings is 1. The normalized spacial score (nSPS) is 16.2. The van der Waals surface area contributed by atoms with Gasteiger partial charge in [-0.1, -0.05) is 11.6 Å². The number of halogens is 1. The quantitative estimate of drug-likeness (QED) is 0.869. The maximum Gasteiger partial charge on any atom is 0.286 e. The number of ether oxygens (including phenoxy) is 1. The molecule has 1 aromatic heterocycles. The zero-order valence-electron chi connectivity index (χ0n) is 11.5. The molecule has 112 valence electrons. The second kappa shape index (κ2) is 5.90. The smallest absolute Gasteiger partial charge is 0.286 e. The van der Waals surface area contributed by atoms with Crippen LogP contribution in [0.2, 0.25) is 5.02 Å². The van der Waals surface area contributed by atoms with Crippen LogP contribution in [0.25, 0.3) is 17.4 Å². The fraction of sp³-hybridized carbons (Fsp3) is 0.0667. The number of rotatable bonds is 3. The molecule has 2 N–H and O–H groups in total. The predicted octanol–water partition coefficient (Wildman–Crippen LogP) is 3.54. The van der Waals surface area contributed by atoms with Crippen LogP contribution in [0.3, 0.4) is 0 Å². The molecular weight excluding hydrogens is 324 g/mol. The number of hydrogen-bond donors (Lipinski definition) is 1. The Labute approximate surface area is 135 Å². The summed E-state index contributed by atoms with van der Waals surface area (Å²) in [5.41, 5.74) is 6.32. The maximum atomic E-state index is 11.6. The van der Waals surface area contributed by atoms with E-state index in [4.69, 9.17) is 26.5 Å². The van der Waals surface area contributed by atoms with Crippen molar-refractivity contribution in [2.75, 3.05) is 7.11 Å². The Morgan fingerprint density at radius 2 is 2.18 bits per heavy atom. The van der Waals surface area contributed by atoms with Crippen LogP contribution < -0.4 is 10.5 Å². The van der Waals surface area contributed by atoms with E-state index in [0.29, 0.717) is 27.2 Å². The molecule has 0 aliphatic carbocycles. The van der Waals surface area contributed by atoms with Crippen molar-refractivity contribution in [1.29, 1.82) is 0 Å². The first-order valence-electron chi connectivity index (χ1n) is 6.28. The molecule has 1 amide bonds. The van der Waals surface area contributed by atoms with Gasteiger partial charge in [-0.05, 0) is 42.1 Å². The van der Waals surface area contributed by atoms with Gasteiger partial charge in [-0.2, -0.15) is 4.99 Å². The Morgan fingerprint density at radius 1 is 1.36 bits per heavy atom. The minimum Gasteiger partial charge on any atom is -0.495 e. The summed E-state index contributed by atoms with van der Waals surface area (Å²) >= 11 is 7.23. The molecule has 0 fully saturated rings. The molecule has 7 heteroatoms. The van der Waals surface area contributed by atoms with Crippen molar-refractivity contribution >= 4 is 40.5 Å². The van der Waals surface area contributed by atoms with E-state index in [-0.39, 0.29) is 11.1 Å². The summed E-state index contributed by atoms with van der Waals surface area (Å²) < 4.78 is 10.8. The van der Waals surface area contributed by atoms with E-state index in [2.05, 4.69) is 4.99 Å². The van der Waals surface area contributed by atoms with Gasteiger partial charge in [0.1, 0.15) is 17.3 Å². The number of aliphatic imine (C=N–C) groups is 1. The first kappa shape index (κ1) is 14.7. The van der Waals surface area contributed by atoms with Crippen LogP contribution in [0.15, 0.2) is 44.6 Å². The Morgan fingerprint density at radius 3 is 2.82 bits per heavy atom. The second-order valence-electron chi connectivity index (χ2n) is 4.42. The highest BCUT2D eigenvalue weighted by molar-refractivity contribution is 8.18. The van der Waals surface area contributed by atoms with Crippen LogP contribution >= 0.6 is 23.4 Å². The second-order valence-corrected chi connectivity index (χ2v) is 5.89. The standard InChI is InChI=1S/C15H11ClN2O3S/c1-20-12-4-2-8(6-10(12)16)11-5-3-9(21-11)7-13-14(19)18-15(17)22-13/h2-7H,1H3,(H2,17,18,19). The summed E-state index contributed by atoms with van der Waals surface area (Å²) in [5, 5.41) is 0.740. The van der Waals surface area contributed by atoms with E-state index >= 15 is 0 Å². The van der Waals surface area contributed by atoms with E-state index in [1.165, 1.54) is 0 Å². The zero-order chi connectivity index (χ0) is 15.7. The highest BCUT2D eigenvalue weighted by Crippen LogP contribution is 2.32. The highest BCUT2D eigenvalue weighted by Gasteiger charge is 2.20. The molecule has 0 radical (unpaired) electrons. The van der Waals surface area contributed by atoms with Gasteiger partial charge in [0.05, 0.1) is 17.0 Å². The van der Waals surface area contributed by atoms with Crippen LogP contribution in [0.5, 0.6) is 5.75 Å². The van der Waals surface area contributed by atoms with Crippen molar-refractivity contribution in [3.63, 3.8) is 0 Å². The van der Waals surface area contributed by atoms with E-state index < -0.39 is 0 Å². The average molecular weight is 335 g/mol. The third-order valence-electron chi connectivity index (χ3n) is 2.97. The summed E-state index contributed by atoms with van der Waals surface area (Å²) in [7, 11) is 1.56.